The molecule has 4 nitrogen and oxygen atoms in total. The summed E-state index contributed by atoms with van der Waals surface area (Å²) in [5.74, 6) is 0.108. The SMILES string of the molecule is Cc1cc(OCC(=O)c2ccc(Cl)cc2)nc(-c2ccc(C(F)(F)F)cc2)n1. The standard InChI is InChI=1S/C20H14ClF3N2O2/c1-12-10-18(28-11-17(27)13-4-8-16(21)9-5-13)26-19(25-12)14-2-6-15(7-3-14)20(22,23)24/h2-10H,11H2,1H3. The van der Waals surface area contributed by atoms with E-state index < -0.39 is 11.7 Å². The van der Waals surface area contributed by atoms with Crippen molar-refractivity contribution in [2.75, 3.05) is 6.61 Å². The van der Waals surface area contributed by atoms with Gasteiger partial charge in [0.25, 0.3) is 0 Å². The molecule has 0 fully saturated rings. The van der Waals surface area contributed by atoms with Crippen LogP contribution in [0.2, 0.25) is 5.02 Å². The molecule has 1 aromatic heterocycles. The van der Waals surface area contributed by atoms with E-state index in [1.54, 1.807) is 37.3 Å². The molecule has 1 heterocycles. The molecule has 0 N–H and O–H groups in total. The fourth-order valence-electron chi connectivity index (χ4n) is 2.41. The molecule has 144 valence electrons. The van der Waals surface area contributed by atoms with Gasteiger partial charge >= 0.3 is 6.18 Å². The number of rotatable bonds is 5. The first-order valence-corrected chi connectivity index (χ1v) is 8.55. The summed E-state index contributed by atoms with van der Waals surface area (Å²) in [6.07, 6.45) is -4.41. The van der Waals surface area contributed by atoms with E-state index in [1.807, 2.05) is 0 Å². The molecule has 0 aliphatic heterocycles. The van der Waals surface area contributed by atoms with Crippen LogP contribution in [-0.4, -0.2) is 22.4 Å². The molecule has 2 aromatic carbocycles. The average Bonchev–Trinajstić information content (AvgIpc) is 2.66. The molecular formula is C20H14ClF3N2O2. The molecule has 0 bridgehead atoms. The van der Waals surface area contributed by atoms with Crippen molar-refractivity contribution in [3.05, 3.63) is 76.4 Å². The Morgan fingerprint density at radius 1 is 1.04 bits per heavy atom. The van der Waals surface area contributed by atoms with Crippen molar-refractivity contribution in [1.82, 2.24) is 9.97 Å². The van der Waals surface area contributed by atoms with Gasteiger partial charge in [0.1, 0.15) is 0 Å². The highest BCUT2D eigenvalue weighted by Crippen LogP contribution is 2.30. The minimum Gasteiger partial charge on any atom is -0.469 e. The summed E-state index contributed by atoms with van der Waals surface area (Å²) in [4.78, 5) is 20.6. The second-order valence-corrected chi connectivity index (χ2v) is 6.40. The maximum Gasteiger partial charge on any atom is 0.416 e. The molecule has 0 aliphatic rings. The summed E-state index contributed by atoms with van der Waals surface area (Å²) >= 11 is 5.80. The number of alkyl halides is 3. The first-order chi connectivity index (χ1) is 13.2. The number of carbonyl (C=O) groups excluding carboxylic acids is 1. The van der Waals surface area contributed by atoms with E-state index in [4.69, 9.17) is 16.3 Å². The summed E-state index contributed by atoms with van der Waals surface area (Å²) in [5, 5.41) is 0.519. The zero-order valence-electron chi connectivity index (χ0n) is 14.6. The molecule has 0 spiro atoms. The van der Waals surface area contributed by atoms with Crippen molar-refractivity contribution >= 4 is 17.4 Å². The van der Waals surface area contributed by atoms with Gasteiger partial charge in [-0.05, 0) is 43.3 Å². The van der Waals surface area contributed by atoms with Gasteiger partial charge in [0.2, 0.25) is 5.88 Å². The third-order valence-corrected chi connectivity index (χ3v) is 4.07. The predicted octanol–water partition coefficient (Wildman–Crippen LogP) is 5.39. The van der Waals surface area contributed by atoms with Crippen LogP contribution in [-0.2, 0) is 6.18 Å². The van der Waals surface area contributed by atoms with Gasteiger partial charge in [-0.15, -0.1) is 0 Å². The van der Waals surface area contributed by atoms with E-state index in [1.165, 1.54) is 12.1 Å². The van der Waals surface area contributed by atoms with E-state index in [9.17, 15) is 18.0 Å². The highest BCUT2D eigenvalue weighted by Gasteiger charge is 2.30. The highest BCUT2D eigenvalue weighted by molar-refractivity contribution is 6.30. The summed E-state index contributed by atoms with van der Waals surface area (Å²) in [5.41, 5.74) is 0.650. The number of Topliss-reactive ketones (excluding diaryl/α,β-unsaturated/α-hetero) is 1. The Labute approximate surface area is 164 Å². The van der Waals surface area contributed by atoms with Gasteiger partial charge in [-0.25, -0.2) is 4.98 Å². The number of hydrogen-bond donors (Lipinski definition) is 0. The second kappa shape index (κ2) is 7.98. The Hall–Kier alpha value is -2.93. The molecule has 8 heteroatoms. The summed E-state index contributed by atoms with van der Waals surface area (Å²) < 4.78 is 43.6. The normalized spacial score (nSPS) is 11.3. The van der Waals surface area contributed by atoms with E-state index in [0.29, 0.717) is 21.8 Å². The topological polar surface area (TPSA) is 52.1 Å². The lowest BCUT2D eigenvalue weighted by atomic mass is 10.1. The summed E-state index contributed by atoms with van der Waals surface area (Å²) in [6, 6.07) is 12.4. The van der Waals surface area contributed by atoms with Gasteiger partial charge in [0.05, 0.1) is 5.56 Å². The maximum absolute atomic E-state index is 12.7. The zero-order chi connectivity index (χ0) is 20.3. The number of ether oxygens (including phenoxy) is 1. The van der Waals surface area contributed by atoms with Crippen molar-refractivity contribution in [1.29, 1.82) is 0 Å². The van der Waals surface area contributed by atoms with Crippen LogP contribution in [0.4, 0.5) is 13.2 Å². The Kier molecular flexibility index (Phi) is 5.65. The fourth-order valence-corrected chi connectivity index (χ4v) is 2.54. The number of carbonyl (C=O) groups is 1. The fraction of sp³-hybridized carbons (Fsp3) is 0.150. The number of benzene rings is 2. The highest BCUT2D eigenvalue weighted by atomic mass is 35.5. The average molecular weight is 407 g/mol. The number of aromatic nitrogens is 2. The van der Waals surface area contributed by atoms with Crippen molar-refractivity contribution in [3.8, 4) is 17.3 Å². The van der Waals surface area contributed by atoms with Crippen molar-refractivity contribution in [2.45, 2.75) is 13.1 Å². The van der Waals surface area contributed by atoms with Gasteiger partial charge in [0, 0.05) is 27.9 Å². The van der Waals surface area contributed by atoms with Gasteiger partial charge in [-0.1, -0.05) is 23.7 Å². The lowest BCUT2D eigenvalue weighted by Crippen LogP contribution is -2.12. The number of ketones is 1. The molecule has 0 radical (unpaired) electrons. The van der Waals surface area contributed by atoms with Gasteiger partial charge in [-0.3, -0.25) is 4.79 Å². The minimum absolute atomic E-state index is 0.157. The number of hydrogen-bond acceptors (Lipinski definition) is 4. The molecule has 3 rings (SSSR count). The quantitative estimate of drug-likeness (QED) is 0.533. The smallest absolute Gasteiger partial charge is 0.416 e. The van der Waals surface area contributed by atoms with E-state index in [-0.39, 0.29) is 24.1 Å². The molecule has 0 saturated heterocycles. The van der Waals surface area contributed by atoms with Crippen molar-refractivity contribution < 1.29 is 22.7 Å². The molecule has 0 atom stereocenters. The van der Waals surface area contributed by atoms with Crippen molar-refractivity contribution in [3.63, 3.8) is 0 Å². The number of nitrogens with zero attached hydrogens (tertiary/aromatic N) is 2. The Bertz CT molecular complexity index is 988. The second-order valence-electron chi connectivity index (χ2n) is 5.97. The lowest BCUT2D eigenvalue weighted by Gasteiger charge is -2.09. The van der Waals surface area contributed by atoms with Crippen LogP contribution < -0.4 is 4.74 Å². The third-order valence-electron chi connectivity index (χ3n) is 3.82. The summed E-state index contributed by atoms with van der Waals surface area (Å²) in [7, 11) is 0. The van der Waals surface area contributed by atoms with Gasteiger partial charge in [-0.2, -0.15) is 18.2 Å². The predicted molar refractivity (Wildman–Crippen MR) is 98.5 cm³/mol. The van der Waals surface area contributed by atoms with E-state index >= 15 is 0 Å². The first kappa shape index (κ1) is 19.8. The molecule has 28 heavy (non-hydrogen) atoms. The molecule has 0 amide bonds. The van der Waals surface area contributed by atoms with Crippen LogP contribution in [0, 0.1) is 6.92 Å². The molecule has 0 unspecified atom stereocenters. The maximum atomic E-state index is 12.7. The van der Waals surface area contributed by atoms with Crippen LogP contribution in [0.15, 0.2) is 54.6 Å². The number of aryl methyl sites for hydroxylation is 1. The Morgan fingerprint density at radius 3 is 2.29 bits per heavy atom. The molecule has 0 aliphatic carbocycles. The van der Waals surface area contributed by atoms with Crippen LogP contribution >= 0.6 is 11.6 Å². The van der Waals surface area contributed by atoms with Crippen LogP contribution in [0.1, 0.15) is 21.6 Å². The summed E-state index contributed by atoms with van der Waals surface area (Å²) in [6.45, 7) is 1.45. The minimum atomic E-state index is -4.41. The molecule has 3 aromatic rings. The zero-order valence-corrected chi connectivity index (χ0v) is 15.4. The third kappa shape index (κ3) is 4.86. The van der Waals surface area contributed by atoms with E-state index in [2.05, 4.69) is 9.97 Å². The van der Waals surface area contributed by atoms with Gasteiger partial charge in [0.15, 0.2) is 18.2 Å². The number of halogens is 4. The lowest BCUT2D eigenvalue weighted by molar-refractivity contribution is -0.137. The largest absolute Gasteiger partial charge is 0.469 e. The van der Waals surface area contributed by atoms with Crippen LogP contribution in [0.3, 0.4) is 0 Å². The van der Waals surface area contributed by atoms with E-state index in [0.717, 1.165) is 12.1 Å². The van der Waals surface area contributed by atoms with Gasteiger partial charge < -0.3 is 4.74 Å². The van der Waals surface area contributed by atoms with Crippen LogP contribution in [0.5, 0.6) is 5.88 Å². The van der Waals surface area contributed by atoms with Crippen LogP contribution in [0.25, 0.3) is 11.4 Å². The molecule has 0 saturated carbocycles. The molecular weight excluding hydrogens is 393 g/mol. The monoisotopic (exact) mass is 406 g/mol. The first-order valence-electron chi connectivity index (χ1n) is 8.17. The Balaban J connectivity index is 1.76. The van der Waals surface area contributed by atoms with Crippen molar-refractivity contribution in [2.24, 2.45) is 0 Å². The Morgan fingerprint density at radius 2 is 1.68 bits per heavy atom.